The van der Waals surface area contributed by atoms with Crippen molar-refractivity contribution in [3.05, 3.63) is 113 Å². The monoisotopic (exact) mass is 457 g/mol. The van der Waals surface area contributed by atoms with E-state index in [9.17, 15) is 0 Å². The van der Waals surface area contributed by atoms with Crippen LogP contribution in [0.4, 0.5) is 5.69 Å². The zero-order valence-electron chi connectivity index (χ0n) is 19.6. The van der Waals surface area contributed by atoms with Gasteiger partial charge in [-0.25, -0.2) is 0 Å². The van der Waals surface area contributed by atoms with E-state index >= 15 is 0 Å². The van der Waals surface area contributed by atoms with Crippen LogP contribution in [-0.2, 0) is 11.8 Å². The minimum atomic E-state index is -0.122. The predicted molar refractivity (Wildman–Crippen MR) is 142 cm³/mol. The molecule has 0 bridgehead atoms. The Morgan fingerprint density at radius 2 is 1.77 bits per heavy atom. The van der Waals surface area contributed by atoms with Gasteiger partial charge in [-0.3, -0.25) is 4.68 Å². The minimum absolute atomic E-state index is 0.0285. The van der Waals surface area contributed by atoms with Crippen molar-refractivity contribution in [1.82, 2.24) is 4.68 Å². The number of nitrogens with zero attached hydrogens (tertiary/aromatic N) is 2. The van der Waals surface area contributed by atoms with Crippen molar-refractivity contribution >= 4 is 23.4 Å². The number of nitrogens with two attached hydrogens (primary N) is 1. The van der Waals surface area contributed by atoms with Crippen molar-refractivity contribution in [2.45, 2.75) is 36.9 Å². The van der Waals surface area contributed by atoms with Crippen molar-refractivity contribution in [1.29, 1.82) is 0 Å². The Labute approximate surface area is 205 Å². The smallest absolute Gasteiger partial charge is 0.130 e. The summed E-state index contributed by atoms with van der Waals surface area (Å²) in [5.41, 5.74) is 8.62. The first-order valence-electron chi connectivity index (χ1n) is 12.5. The van der Waals surface area contributed by atoms with E-state index < -0.39 is 0 Å². The lowest BCUT2D eigenvalue weighted by Gasteiger charge is -2.39. The highest BCUT2D eigenvalue weighted by Crippen LogP contribution is 2.57. The third kappa shape index (κ3) is 2.32. The van der Waals surface area contributed by atoms with Crippen LogP contribution in [0, 0.1) is 5.92 Å². The highest BCUT2D eigenvalue weighted by molar-refractivity contribution is 5.93. The summed E-state index contributed by atoms with van der Waals surface area (Å²) in [6.07, 6.45) is 17.0. The molecule has 0 radical (unpaired) electrons. The van der Waals surface area contributed by atoms with Crippen molar-refractivity contribution < 1.29 is 4.74 Å². The number of benzene rings is 2. The molecule has 5 aliphatic rings. The second kappa shape index (κ2) is 6.60. The fraction of sp³-hybridized carbons (Fsp3) is 0.226. The Morgan fingerprint density at radius 3 is 2.66 bits per heavy atom. The molecule has 2 aromatic carbocycles. The number of ether oxygens (including phenoxy) is 1. The molecule has 3 aromatic rings. The average Bonchev–Trinajstić information content (AvgIpc) is 3.49. The van der Waals surface area contributed by atoms with Gasteiger partial charge in [-0.15, -0.1) is 0 Å². The molecule has 1 fully saturated rings. The van der Waals surface area contributed by atoms with E-state index in [1.165, 1.54) is 33.6 Å². The summed E-state index contributed by atoms with van der Waals surface area (Å²) in [4.78, 5) is 2.61. The molecular weight excluding hydrogens is 430 g/mol. The van der Waals surface area contributed by atoms with Crippen LogP contribution in [0.1, 0.15) is 35.0 Å². The third-order valence-electron chi connectivity index (χ3n) is 8.94. The van der Waals surface area contributed by atoms with Crippen LogP contribution in [0.2, 0.25) is 0 Å². The molecule has 3 heterocycles. The number of hydrogen-bond donors (Lipinski definition) is 1. The molecule has 0 spiro atoms. The normalized spacial score (nSPS) is 30.5. The fourth-order valence-corrected chi connectivity index (χ4v) is 7.43. The molecule has 35 heavy (non-hydrogen) atoms. The second-order valence-electron chi connectivity index (χ2n) is 10.5. The van der Waals surface area contributed by atoms with Crippen LogP contribution in [0.25, 0.3) is 17.7 Å². The van der Waals surface area contributed by atoms with Gasteiger partial charge in [0.05, 0.1) is 23.5 Å². The van der Waals surface area contributed by atoms with Gasteiger partial charge in [0.1, 0.15) is 11.9 Å². The van der Waals surface area contributed by atoms with Gasteiger partial charge in [0.2, 0.25) is 0 Å². The number of hydrogen-bond acceptors (Lipinski definition) is 3. The topological polar surface area (TPSA) is 43.4 Å². The molecule has 3 aliphatic carbocycles. The van der Waals surface area contributed by atoms with E-state index in [1.807, 2.05) is 10.7 Å². The maximum Gasteiger partial charge on any atom is 0.130 e. The molecule has 5 unspecified atom stereocenters. The first-order valence-corrected chi connectivity index (χ1v) is 12.5. The molecule has 172 valence electrons. The number of allylic oxidation sites excluding steroid dienone is 2. The van der Waals surface area contributed by atoms with E-state index in [0.29, 0.717) is 12.0 Å². The van der Waals surface area contributed by atoms with Crippen LogP contribution in [0.5, 0.6) is 5.75 Å². The first-order chi connectivity index (χ1) is 17.2. The lowest BCUT2D eigenvalue weighted by atomic mass is 9.64. The van der Waals surface area contributed by atoms with Crippen molar-refractivity contribution in [3.63, 3.8) is 0 Å². The number of para-hydroxylation sites is 2. The second-order valence-corrected chi connectivity index (χ2v) is 10.5. The summed E-state index contributed by atoms with van der Waals surface area (Å²) in [6, 6.07) is 19.8. The Morgan fingerprint density at radius 1 is 0.971 bits per heavy atom. The lowest BCUT2D eigenvalue weighted by molar-refractivity contribution is 0.273. The van der Waals surface area contributed by atoms with Gasteiger partial charge in [0.25, 0.3) is 0 Å². The van der Waals surface area contributed by atoms with Crippen LogP contribution >= 0.6 is 0 Å². The molecule has 1 saturated heterocycles. The molecule has 0 saturated carbocycles. The standard InChI is InChI=1S/C31H27N3O/c1-31-23-12-6-7-13-24(23)33(19-9-3-2-4-10-19)29(31)16-15-25-30(31)22-17-21-20-11-5-8-14-27(20)35-28(21)18-26(22)34(25)32/h2-17,23-24,28-29H,18,32H2,1H3. The van der Waals surface area contributed by atoms with Crippen LogP contribution in [-0.4, -0.2) is 22.9 Å². The summed E-state index contributed by atoms with van der Waals surface area (Å²) >= 11 is 0. The van der Waals surface area contributed by atoms with Gasteiger partial charge in [-0.2, -0.15) is 0 Å². The summed E-state index contributed by atoms with van der Waals surface area (Å²) < 4.78 is 8.28. The summed E-state index contributed by atoms with van der Waals surface area (Å²) in [6.45, 7) is 2.45. The summed E-state index contributed by atoms with van der Waals surface area (Å²) in [7, 11) is 0. The maximum absolute atomic E-state index is 6.82. The molecule has 4 nitrogen and oxygen atoms in total. The predicted octanol–water partition coefficient (Wildman–Crippen LogP) is 5.34. The van der Waals surface area contributed by atoms with Gasteiger partial charge >= 0.3 is 0 Å². The highest BCUT2D eigenvalue weighted by Gasteiger charge is 2.58. The molecule has 2 N–H and O–H groups in total. The summed E-state index contributed by atoms with van der Waals surface area (Å²) in [5.74, 6) is 8.15. The fourth-order valence-electron chi connectivity index (χ4n) is 7.43. The van der Waals surface area contributed by atoms with Crippen molar-refractivity contribution in [2.24, 2.45) is 5.92 Å². The molecule has 5 atom stereocenters. The van der Waals surface area contributed by atoms with E-state index in [-0.39, 0.29) is 17.6 Å². The van der Waals surface area contributed by atoms with Gasteiger partial charge in [-0.05, 0) is 35.9 Å². The number of anilines is 1. The molecule has 0 amide bonds. The minimum Gasteiger partial charge on any atom is -0.485 e. The Hall–Kier alpha value is -3.92. The summed E-state index contributed by atoms with van der Waals surface area (Å²) in [5, 5.41) is 0. The van der Waals surface area contributed by atoms with Gasteiger partial charge < -0.3 is 15.5 Å². The zero-order chi connectivity index (χ0) is 23.3. The largest absolute Gasteiger partial charge is 0.485 e. The highest BCUT2D eigenvalue weighted by atomic mass is 16.5. The van der Waals surface area contributed by atoms with Crippen LogP contribution in [0.3, 0.4) is 0 Å². The number of fused-ring (bicyclic) bond motifs is 10. The SMILES string of the molecule is CC12c3c4c(n(N)c3C=CC1N(c1ccccc1)C1C=CC=CC12)CC1Oc2ccccc2C1=C4. The van der Waals surface area contributed by atoms with Crippen LogP contribution in [0.15, 0.2) is 85.0 Å². The van der Waals surface area contributed by atoms with Gasteiger partial charge in [-0.1, -0.05) is 73.7 Å². The van der Waals surface area contributed by atoms with E-state index in [1.54, 1.807) is 0 Å². The lowest BCUT2D eigenvalue weighted by Crippen LogP contribution is -2.43. The van der Waals surface area contributed by atoms with Crippen LogP contribution < -0.4 is 15.5 Å². The molecule has 1 aromatic heterocycles. The molecule has 2 aliphatic heterocycles. The number of rotatable bonds is 1. The Kier molecular flexibility index (Phi) is 3.66. The Bertz CT molecular complexity index is 1510. The maximum atomic E-state index is 6.82. The number of aromatic nitrogens is 1. The Balaban J connectivity index is 1.36. The van der Waals surface area contributed by atoms with E-state index in [4.69, 9.17) is 10.6 Å². The van der Waals surface area contributed by atoms with Crippen molar-refractivity contribution in [3.8, 4) is 5.75 Å². The third-order valence-corrected chi connectivity index (χ3v) is 8.94. The van der Waals surface area contributed by atoms with Gasteiger partial charge in [0, 0.05) is 40.1 Å². The van der Waals surface area contributed by atoms with E-state index in [0.717, 1.165) is 17.9 Å². The molecule has 4 heteroatoms. The molecular formula is C31H27N3O. The molecule has 8 rings (SSSR count). The van der Waals surface area contributed by atoms with Crippen molar-refractivity contribution in [2.75, 3.05) is 10.7 Å². The number of nitrogen functional groups attached to an aromatic ring is 1. The van der Waals surface area contributed by atoms with E-state index in [2.05, 4.69) is 103 Å². The first kappa shape index (κ1) is 19.4. The van der Waals surface area contributed by atoms with Gasteiger partial charge in [0.15, 0.2) is 0 Å². The quantitative estimate of drug-likeness (QED) is 0.502. The average molecular weight is 458 g/mol. The zero-order valence-corrected chi connectivity index (χ0v) is 19.6.